The van der Waals surface area contributed by atoms with E-state index in [9.17, 15) is 4.21 Å². The topological polar surface area (TPSA) is 37.3 Å². The molecular formula is C10H14O2S. The van der Waals surface area contributed by atoms with Gasteiger partial charge in [0.05, 0.1) is 4.90 Å². The molecule has 0 aliphatic rings. The van der Waals surface area contributed by atoms with Gasteiger partial charge in [-0.05, 0) is 30.0 Å². The summed E-state index contributed by atoms with van der Waals surface area (Å²) in [6.45, 7) is 6.06. The monoisotopic (exact) mass is 198 g/mol. The molecule has 13 heavy (non-hydrogen) atoms. The summed E-state index contributed by atoms with van der Waals surface area (Å²) in [6, 6.07) is 5.59. The lowest BCUT2D eigenvalue weighted by atomic mass is 10.0. The van der Waals surface area contributed by atoms with Gasteiger partial charge in [-0.3, -0.25) is 0 Å². The number of benzene rings is 1. The first-order valence-corrected chi connectivity index (χ1v) is 5.34. The van der Waals surface area contributed by atoms with Crippen LogP contribution in [0.1, 0.15) is 30.9 Å². The van der Waals surface area contributed by atoms with Gasteiger partial charge < -0.3 is 4.55 Å². The van der Waals surface area contributed by atoms with Crippen LogP contribution in [-0.2, 0) is 11.1 Å². The molecule has 0 heterocycles. The molecule has 0 fully saturated rings. The number of hydrogen-bond donors (Lipinski definition) is 1. The third-order valence-electron chi connectivity index (χ3n) is 2.05. The molecule has 2 nitrogen and oxygen atoms in total. The summed E-state index contributed by atoms with van der Waals surface area (Å²) in [7, 11) is 0. The van der Waals surface area contributed by atoms with Crippen molar-refractivity contribution in [3.05, 3.63) is 29.3 Å². The van der Waals surface area contributed by atoms with Crippen molar-refractivity contribution in [3.8, 4) is 0 Å². The Labute approximate surface area is 81.3 Å². The van der Waals surface area contributed by atoms with Crippen LogP contribution < -0.4 is 0 Å². The predicted molar refractivity (Wildman–Crippen MR) is 54.3 cm³/mol. The van der Waals surface area contributed by atoms with Crippen molar-refractivity contribution in [2.24, 2.45) is 0 Å². The Balaban J connectivity index is 3.13. The number of aryl methyl sites for hydroxylation is 1. The van der Waals surface area contributed by atoms with Crippen LogP contribution in [0, 0.1) is 6.92 Å². The highest BCUT2D eigenvalue weighted by Gasteiger charge is 2.06. The molecule has 1 aromatic carbocycles. The van der Waals surface area contributed by atoms with Crippen molar-refractivity contribution in [3.63, 3.8) is 0 Å². The van der Waals surface area contributed by atoms with Crippen molar-refractivity contribution in [1.29, 1.82) is 0 Å². The van der Waals surface area contributed by atoms with Crippen LogP contribution in [0.25, 0.3) is 0 Å². The largest absolute Gasteiger partial charge is 0.302 e. The van der Waals surface area contributed by atoms with Crippen molar-refractivity contribution in [1.82, 2.24) is 0 Å². The molecule has 1 aromatic rings. The maximum atomic E-state index is 10.8. The summed E-state index contributed by atoms with van der Waals surface area (Å²) in [5, 5.41) is 0. The lowest BCUT2D eigenvalue weighted by Crippen LogP contribution is -1.95. The first kappa shape index (κ1) is 10.4. The Hall–Kier alpha value is -0.670. The average Bonchev–Trinajstić information content (AvgIpc) is 2.03. The lowest BCUT2D eigenvalue weighted by Gasteiger charge is -2.08. The fourth-order valence-electron chi connectivity index (χ4n) is 1.23. The summed E-state index contributed by atoms with van der Waals surface area (Å²) in [4.78, 5) is 0.504. The van der Waals surface area contributed by atoms with E-state index in [-0.39, 0.29) is 0 Å². The second kappa shape index (κ2) is 4.03. The zero-order valence-electron chi connectivity index (χ0n) is 8.07. The van der Waals surface area contributed by atoms with Gasteiger partial charge >= 0.3 is 0 Å². The molecule has 0 saturated heterocycles. The van der Waals surface area contributed by atoms with E-state index in [1.165, 1.54) is 5.56 Å². The Morgan fingerprint density at radius 1 is 1.38 bits per heavy atom. The van der Waals surface area contributed by atoms with E-state index in [2.05, 4.69) is 13.8 Å². The highest BCUT2D eigenvalue weighted by molar-refractivity contribution is 7.79. The minimum atomic E-state index is -1.86. The minimum Gasteiger partial charge on any atom is -0.302 e. The number of hydrogen-bond acceptors (Lipinski definition) is 1. The standard InChI is InChI=1S/C10H14O2S/c1-7(2)9-4-5-10(13(11)12)8(3)6-9/h4-7H,1-3H3,(H,11,12). The van der Waals surface area contributed by atoms with Crippen molar-refractivity contribution < 1.29 is 8.76 Å². The summed E-state index contributed by atoms with van der Waals surface area (Å²) >= 11 is -1.86. The molecule has 1 rings (SSSR count). The van der Waals surface area contributed by atoms with Crippen LogP contribution >= 0.6 is 0 Å². The number of rotatable bonds is 2. The van der Waals surface area contributed by atoms with Crippen LogP contribution in [-0.4, -0.2) is 8.76 Å². The van der Waals surface area contributed by atoms with Crippen molar-refractivity contribution >= 4 is 11.1 Å². The third-order valence-corrected chi connectivity index (χ3v) is 2.89. The molecule has 0 aromatic heterocycles. The molecule has 0 saturated carbocycles. The molecule has 1 atom stereocenters. The summed E-state index contributed by atoms with van der Waals surface area (Å²) in [6.07, 6.45) is 0. The zero-order chi connectivity index (χ0) is 10.0. The van der Waals surface area contributed by atoms with Crippen LogP contribution in [0.15, 0.2) is 23.1 Å². The van der Waals surface area contributed by atoms with E-state index in [0.717, 1.165) is 5.56 Å². The zero-order valence-corrected chi connectivity index (χ0v) is 8.89. The fourth-order valence-corrected chi connectivity index (χ4v) is 1.75. The predicted octanol–water partition coefficient (Wildman–Crippen LogP) is 2.70. The molecular weight excluding hydrogens is 184 g/mol. The Bertz CT molecular complexity index is 332. The van der Waals surface area contributed by atoms with Crippen LogP contribution in [0.4, 0.5) is 0 Å². The van der Waals surface area contributed by atoms with E-state index in [0.29, 0.717) is 10.8 Å². The smallest absolute Gasteiger partial charge is 0.186 e. The van der Waals surface area contributed by atoms with Gasteiger partial charge in [-0.15, -0.1) is 0 Å². The second-order valence-electron chi connectivity index (χ2n) is 3.43. The summed E-state index contributed by atoms with van der Waals surface area (Å²) in [5.41, 5.74) is 2.08. The first-order valence-electron chi connectivity index (χ1n) is 4.23. The van der Waals surface area contributed by atoms with Gasteiger partial charge in [0.1, 0.15) is 0 Å². The highest BCUT2D eigenvalue weighted by atomic mass is 32.2. The molecule has 0 aliphatic carbocycles. The molecule has 3 heteroatoms. The normalized spacial score (nSPS) is 13.3. The Morgan fingerprint density at radius 2 is 2.00 bits per heavy atom. The van der Waals surface area contributed by atoms with Crippen LogP contribution in [0.3, 0.4) is 0 Å². The minimum absolute atomic E-state index is 0.458. The van der Waals surface area contributed by atoms with Gasteiger partial charge in [-0.1, -0.05) is 26.0 Å². The maximum Gasteiger partial charge on any atom is 0.186 e. The van der Waals surface area contributed by atoms with Crippen LogP contribution in [0.2, 0.25) is 0 Å². The SMILES string of the molecule is Cc1cc(C(C)C)ccc1S(=O)O. The van der Waals surface area contributed by atoms with E-state index in [4.69, 9.17) is 4.55 Å². The second-order valence-corrected chi connectivity index (χ2v) is 4.37. The quantitative estimate of drug-likeness (QED) is 0.742. The molecule has 1 N–H and O–H groups in total. The third kappa shape index (κ3) is 2.39. The van der Waals surface area contributed by atoms with E-state index in [1.807, 2.05) is 19.1 Å². The molecule has 0 radical (unpaired) electrons. The molecule has 0 aliphatic heterocycles. The van der Waals surface area contributed by atoms with E-state index >= 15 is 0 Å². The van der Waals surface area contributed by atoms with Gasteiger partial charge in [0.25, 0.3) is 0 Å². The van der Waals surface area contributed by atoms with E-state index < -0.39 is 11.1 Å². The van der Waals surface area contributed by atoms with Crippen molar-refractivity contribution in [2.75, 3.05) is 0 Å². The van der Waals surface area contributed by atoms with Gasteiger partial charge in [0, 0.05) is 0 Å². The van der Waals surface area contributed by atoms with Gasteiger partial charge in [-0.25, -0.2) is 4.21 Å². The Kier molecular flexibility index (Phi) is 3.22. The van der Waals surface area contributed by atoms with Gasteiger partial charge in [-0.2, -0.15) is 0 Å². The summed E-state index contributed by atoms with van der Waals surface area (Å²) < 4.78 is 19.7. The lowest BCUT2D eigenvalue weighted by molar-refractivity contribution is 0.563. The fraction of sp³-hybridized carbons (Fsp3) is 0.400. The first-order chi connectivity index (χ1) is 6.02. The summed E-state index contributed by atoms with van der Waals surface area (Å²) in [5.74, 6) is 0.458. The average molecular weight is 198 g/mol. The van der Waals surface area contributed by atoms with Crippen molar-refractivity contribution in [2.45, 2.75) is 31.6 Å². The highest BCUT2D eigenvalue weighted by Crippen LogP contribution is 2.19. The molecule has 0 bridgehead atoms. The van der Waals surface area contributed by atoms with Crippen LogP contribution in [0.5, 0.6) is 0 Å². The maximum absolute atomic E-state index is 10.8. The molecule has 0 spiro atoms. The molecule has 0 amide bonds. The molecule has 72 valence electrons. The van der Waals surface area contributed by atoms with Gasteiger partial charge in [0.2, 0.25) is 0 Å². The van der Waals surface area contributed by atoms with E-state index in [1.54, 1.807) is 6.07 Å². The Morgan fingerprint density at radius 3 is 2.38 bits per heavy atom. The van der Waals surface area contributed by atoms with Gasteiger partial charge in [0.15, 0.2) is 11.1 Å². The molecule has 1 unspecified atom stereocenters.